The predicted molar refractivity (Wildman–Crippen MR) is 98.3 cm³/mol. The van der Waals surface area contributed by atoms with Crippen molar-refractivity contribution < 1.29 is 21.7 Å². The van der Waals surface area contributed by atoms with E-state index < -0.39 is 0 Å². The zero-order valence-electron chi connectivity index (χ0n) is 13.8. The molecule has 2 heterocycles. The maximum absolute atomic E-state index is 6.48. The normalized spacial score (nSPS) is 20.3. The van der Waals surface area contributed by atoms with Crippen LogP contribution in [-0.2, 0) is 0 Å². The molecule has 0 fully saturated rings. The van der Waals surface area contributed by atoms with Crippen molar-refractivity contribution in [1.82, 2.24) is 0 Å². The number of fused-ring (bicyclic) bond motifs is 1. The Balaban J connectivity index is 0.00000182. The summed E-state index contributed by atoms with van der Waals surface area (Å²) in [7, 11) is 2.04. The van der Waals surface area contributed by atoms with Gasteiger partial charge < -0.3 is 22.0 Å². The van der Waals surface area contributed by atoms with Crippen molar-refractivity contribution in [3.8, 4) is 5.75 Å². The van der Waals surface area contributed by atoms with Gasteiger partial charge in [-0.3, -0.25) is 0 Å². The fraction of sp³-hybridized carbons (Fsp3) is 0.150. The molecule has 128 valence electrons. The second-order valence-electron chi connectivity index (χ2n) is 5.89. The number of rotatable bonds is 2. The SMILES string of the molecule is CN1c2ccccc2OC1C=C1C=C(Cl)[N+](c2ccccc2)=CC1.[Cl-]. The first-order valence-corrected chi connectivity index (χ1v) is 8.34. The van der Waals surface area contributed by atoms with Crippen molar-refractivity contribution in [3.63, 3.8) is 0 Å². The summed E-state index contributed by atoms with van der Waals surface area (Å²) in [6.45, 7) is 0. The molecule has 3 nitrogen and oxygen atoms in total. The van der Waals surface area contributed by atoms with Crippen LogP contribution in [0.3, 0.4) is 0 Å². The van der Waals surface area contributed by atoms with E-state index >= 15 is 0 Å². The standard InChI is InChI=1S/C20H18ClN2O.ClH/c1-22-17-9-5-6-10-18(17)24-20(22)14-15-11-12-23(19(21)13-15)16-7-3-2-4-8-16;/h2-10,12-14,20H,11H2,1H3;1H/q+1;/p-1. The van der Waals surface area contributed by atoms with Gasteiger partial charge in [-0.1, -0.05) is 30.3 Å². The Labute approximate surface area is 158 Å². The zero-order valence-corrected chi connectivity index (χ0v) is 15.3. The van der Waals surface area contributed by atoms with Crippen LogP contribution in [0, 0.1) is 0 Å². The van der Waals surface area contributed by atoms with Crippen molar-refractivity contribution in [2.45, 2.75) is 12.6 Å². The summed E-state index contributed by atoms with van der Waals surface area (Å²) in [4.78, 5) is 2.13. The molecule has 2 aliphatic heterocycles. The third kappa shape index (κ3) is 3.44. The number of nitrogens with zero attached hydrogens (tertiary/aromatic N) is 2. The van der Waals surface area contributed by atoms with Gasteiger partial charge in [0.1, 0.15) is 5.75 Å². The Bertz CT molecular complexity index is 859. The molecule has 0 aliphatic carbocycles. The van der Waals surface area contributed by atoms with E-state index in [1.54, 1.807) is 0 Å². The smallest absolute Gasteiger partial charge is 0.280 e. The molecule has 0 bridgehead atoms. The lowest BCUT2D eigenvalue weighted by Crippen LogP contribution is -3.00. The highest BCUT2D eigenvalue weighted by Crippen LogP contribution is 2.36. The summed E-state index contributed by atoms with van der Waals surface area (Å²) in [5, 5.41) is 0.692. The third-order valence-corrected chi connectivity index (χ3v) is 4.60. The molecule has 2 aromatic carbocycles. The van der Waals surface area contributed by atoms with Gasteiger partial charge in [-0.15, -0.1) is 0 Å². The molecule has 4 rings (SSSR count). The maximum Gasteiger partial charge on any atom is 0.280 e. The molecule has 0 N–H and O–H groups in total. The van der Waals surface area contributed by atoms with Gasteiger partial charge in [0.15, 0.2) is 12.4 Å². The second-order valence-corrected chi connectivity index (χ2v) is 6.28. The monoisotopic (exact) mass is 372 g/mol. The number of halogens is 2. The molecule has 2 aromatic rings. The first-order chi connectivity index (χ1) is 11.7. The van der Waals surface area contributed by atoms with Crippen LogP contribution >= 0.6 is 11.6 Å². The molecule has 0 amide bonds. The molecule has 5 heteroatoms. The minimum Gasteiger partial charge on any atom is -1.00 e. The summed E-state index contributed by atoms with van der Waals surface area (Å²) in [6, 6.07) is 18.2. The summed E-state index contributed by atoms with van der Waals surface area (Å²) in [5.74, 6) is 0.919. The lowest BCUT2D eigenvalue weighted by Gasteiger charge is -2.18. The average Bonchev–Trinajstić information content (AvgIpc) is 2.92. The van der Waals surface area contributed by atoms with Gasteiger partial charge in [-0.05, 0) is 35.4 Å². The van der Waals surface area contributed by atoms with E-state index in [1.807, 2.05) is 66.2 Å². The Morgan fingerprint density at radius 1 is 1.12 bits per heavy atom. The summed E-state index contributed by atoms with van der Waals surface area (Å²) < 4.78 is 8.03. The van der Waals surface area contributed by atoms with Crippen LogP contribution in [-0.4, -0.2) is 24.1 Å². The highest BCUT2D eigenvalue weighted by atomic mass is 35.5. The number of hydrogen-bond donors (Lipinski definition) is 0. The van der Waals surface area contributed by atoms with E-state index in [9.17, 15) is 0 Å². The number of likely N-dealkylation sites (N-methyl/N-ethyl adjacent to an activating group) is 1. The summed E-state index contributed by atoms with van der Waals surface area (Å²) >= 11 is 6.48. The van der Waals surface area contributed by atoms with Crippen LogP contribution in [0.1, 0.15) is 6.42 Å². The topological polar surface area (TPSA) is 15.5 Å². The molecule has 0 radical (unpaired) electrons. The summed E-state index contributed by atoms with van der Waals surface area (Å²) in [6.07, 6.45) is 6.95. The van der Waals surface area contributed by atoms with Crippen molar-refractivity contribution in [2.75, 3.05) is 11.9 Å². The molecule has 1 atom stereocenters. The lowest BCUT2D eigenvalue weighted by atomic mass is 10.1. The number of allylic oxidation sites excluding steroid dienone is 2. The fourth-order valence-electron chi connectivity index (χ4n) is 3.02. The molecular weight excluding hydrogens is 355 g/mol. The predicted octanol–water partition coefficient (Wildman–Crippen LogP) is 1.67. The molecule has 2 aliphatic rings. The highest BCUT2D eigenvalue weighted by Gasteiger charge is 2.27. The Hall–Kier alpha value is -2.23. The van der Waals surface area contributed by atoms with E-state index in [4.69, 9.17) is 16.3 Å². The molecule has 1 unspecified atom stereocenters. The Morgan fingerprint density at radius 2 is 1.84 bits per heavy atom. The van der Waals surface area contributed by atoms with Crippen molar-refractivity contribution in [1.29, 1.82) is 0 Å². The van der Waals surface area contributed by atoms with Crippen LogP contribution in [0.15, 0.2) is 77.5 Å². The van der Waals surface area contributed by atoms with Crippen LogP contribution in [0.4, 0.5) is 11.4 Å². The van der Waals surface area contributed by atoms with Gasteiger partial charge >= 0.3 is 0 Å². The van der Waals surface area contributed by atoms with Crippen LogP contribution in [0.5, 0.6) is 5.75 Å². The van der Waals surface area contributed by atoms with Gasteiger partial charge in [-0.2, -0.15) is 4.58 Å². The maximum atomic E-state index is 6.48. The van der Waals surface area contributed by atoms with Crippen molar-refractivity contribution in [3.05, 3.63) is 77.5 Å². The minimum atomic E-state index is -0.102. The minimum absolute atomic E-state index is 0. The lowest BCUT2D eigenvalue weighted by molar-refractivity contribution is -0.367. The van der Waals surface area contributed by atoms with E-state index in [0.29, 0.717) is 5.16 Å². The van der Waals surface area contributed by atoms with Gasteiger partial charge in [0, 0.05) is 25.3 Å². The average molecular weight is 373 g/mol. The second kappa shape index (κ2) is 7.34. The molecule has 0 saturated heterocycles. The largest absolute Gasteiger partial charge is 1.00 e. The van der Waals surface area contributed by atoms with E-state index in [0.717, 1.165) is 29.1 Å². The zero-order chi connectivity index (χ0) is 16.5. The van der Waals surface area contributed by atoms with Crippen LogP contribution < -0.4 is 22.0 Å². The molecule has 25 heavy (non-hydrogen) atoms. The van der Waals surface area contributed by atoms with Crippen molar-refractivity contribution in [2.24, 2.45) is 0 Å². The summed E-state index contributed by atoms with van der Waals surface area (Å²) in [5.41, 5.74) is 3.33. The van der Waals surface area contributed by atoms with Crippen molar-refractivity contribution >= 4 is 29.2 Å². The van der Waals surface area contributed by atoms with Crippen LogP contribution in [0.25, 0.3) is 0 Å². The Morgan fingerprint density at radius 3 is 2.56 bits per heavy atom. The van der Waals surface area contributed by atoms with E-state index in [-0.39, 0.29) is 18.6 Å². The third-order valence-electron chi connectivity index (χ3n) is 4.31. The first kappa shape index (κ1) is 17.6. The van der Waals surface area contributed by atoms with Gasteiger partial charge in [0.2, 0.25) is 5.69 Å². The van der Waals surface area contributed by atoms with Gasteiger partial charge in [-0.25, -0.2) is 0 Å². The van der Waals surface area contributed by atoms with E-state index in [2.05, 4.69) is 23.3 Å². The van der Waals surface area contributed by atoms with Gasteiger partial charge in [0.05, 0.1) is 12.1 Å². The molecule has 0 aromatic heterocycles. The number of para-hydroxylation sites is 3. The van der Waals surface area contributed by atoms with Crippen LogP contribution in [0.2, 0.25) is 0 Å². The number of ether oxygens (including phenoxy) is 1. The molecular formula is C20H18Cl2N2O. The number of hydrogen-bond acceptors (Lipinski definition) is 2. The Kier molecular flexibility index (Phi) is 5.16. The number of anilines is 1. The number of benzene rings is 2. The highest BCUT2D eigenvalue weighted by molar-refractivity contribution is 6.28. The van der Waals surface area contributed by atoms with E-state index in [1.165, 1.54) is 0 Å². The molecule has 0 spiro atoms. The fourth-order valence-corrected chi connectivity index (χ4v) is 3.33. The molecule has 0 saturated carbocycles. The first-order valence-electron chi connectivity index (χ1n) is 7.96. The van der Waals surface area contributed by atoms with Gasteiger partial charge in [0.25, 0.3) is 5.16 Å². The quantitative estimate of drug-likeness (QED) is 0.588.